The molecule has 0 radical (unpaired) electrons. The molecule has 0 aliphatic rings. The third-order valence-corrected chi connectivity index (χ3v) is 1.87. The molecular formula is C10H18N2. The Morgan fingerprint density at radius 2 is 2.08 bits per heavy atom. The molecule has 0 amide bonds. The molecule has 1 heterocycles. The van der Waals surface area contributed by atoms with Crippen molar-refractivity contribution in [3.63, 3.8) is 0 Å². The van der Waals surface area contributed by atoms with Crippen LogP contribution in [0.4, 0.5) is 0 Å². The molecule has 0 saturated heterocycles. The molecule has 2 heteroatoms. The van der Waals surface area contributed by atoms with Gasteiger partial charge in [0.05, 0.1) is 0 Å². The van der Waals surface area contributed by atoms with Gasteiger partial charge in [-0.1, -0.05) is 20.8 Å². The first kappa shape index (κ1) is 9.30. The molecule has 1 rings (SSSR count). The lowest BCUT2D eigenvalue weighted by atomic mass is 9.91. The highest BCUT2D eigenvalue weighted by Gasteiger charge is 2.08. The van der Waals surface area contributed by atoms with Gasteiger partial charge >= 0.3 is 0 Å². The van der Waals surface area contributed by atoms with Gasteiger partial charge in [0.2, 0.25) is 0 Å². The van der Waals surface area contributed by atoms with E-state index in [2.05, 4.69) is 25.9 Å². The number of hydrogen-bond donors (Lipinski definition) is 0. The standard InChI is InChI=1S/C10H18N2/c1-10(2,3)6-4-8-12-9-5-7-11-12/h5,7,9H,4,6,8H2,1-3H3. The van der Waals surface area contributed by atoms with E-state index in [0.29, 0.717) is 5.41 Å². The van der Waals surface area contributed by atoms with Gasteiger partial charge in [0, 0.05) is 18.9 Å². The van der Waals surface area contributed by atoms with Crippen LogP contribution in [-0.4, -0.2) is 9.78 Å². The molecule has 0 unspecified atom stereocenters. The summed E-state index contributed by atoms with van der Waals surface area (Å²) in [4.78, 5) is 0. The Morgan fingerprint density at radius 1 is 1.33 bits per heavy atom. The zero-order valence-corrected chi connectivity index (χ0v) is 8.25. The molecule has 2 nitrogen and oxygen atoms in total. The van der Waals surface area contributed by atoms with Crippen LogP contribution in [-0.2, 0) is 6.54 Å². The van der Waals surface area contributed by atoms with Crippen LogP contribution in [0.1, 0.15) is 33.6 Å². The third-order valence-electron chi connectivity index (χ3n) is 1.87. The molecule has 0 fully saturated rings. The molecule has 12 heavy (non-hydrogen) atoms. The first-order valence-electron chi connectivity index (χ1n) is 4.55. The highest BCUT2D eigenvalue weighted by molar-refractivity contribution is 4.77. The fraction of sp³-hybridized carbons (Fsp3) is 0.700. The van der Waals surface area contributed by atoms with Gasteiger partial charge in [0.15, 0.2) is 0 Å². The molecule has 0 aromatic carbocycles. The topological polar surface area (TPSA) is 17.8 Å². The number of hydrogen-bond acceptors (Lipinski definition) is 1. The maximum atomic E-state index is 4.15. The number of aryl methyl sites for hydroxylation is 1. The minimum absolute atomic E-state index is 0.452. The van der Waals surface area contributed by atoms with Crippen LogP contribution >= 0.6 is 0 Å². The fourth-order valence-corrected chi connectivity index (χ4v) is 1.20. The zero-order valence-electron chi connectivity index (χ0n) is 8.25. The summed E-state index contributed by atoms with van der Waals surface area (Å²) in [5, 5.41) is 4.15. The van der Waals surface area contributed by atoms with Crippen molar-refractivity contribution in [1.82, 2.24) is 9.78 Å². The molecule has 0 N–H and O–H groups in total. The maximum Gasteiger partial charge on any atom is 0.0489 e. The van der Waals surface area contributed by atoms with E-state index in [4.69, 9.17) is 0 Å². The van der Waals surface area contributed by atoms with Crippen molar-refractivity contribution in [3.05, 3.63) is 18.5 Å². The van der Waals surface area contributed by atoms with E-state index in [1.165, 1.54) is 12.8 Å². The highest BCUT2D eigenvalue weighted by Crippen LogP contribution is 2.20. The second-order valence-electron chi connectivity index (χ2n) is 4.43. The molecule has 1 aromatic heterocycles. The molecule has 0 aliphatic carbocycles. The first-order valence-corrected chi connectivity index (χ1v) is 4.55. The van der Waals surface area contributed by atoms with Crippen LogP contribution < -0.4 is 0 Å². The fourth-order valence-electron chi connectivity index (χ4n) is 1.20. The molecule has 0 saturated carbocycles. The van der Waals surface area contributed by atoms with Gasteiger partial charge in [0.1, 0.15) is 0 Å². The molecule has 0 spiro atoms. The monoisotopic (exact) mass is 166 g/mol. The van der Waals surface area contributed by atoms with Crippen LogP contribution in [0.5, 0.6) is 0 Å². The van der Waals surface area contributed by atoms with Gasteiger partial charge in [0.25, 0.3) is 0 Å². The second-order valence-corrected chi connectivity index (χ2v) is 4.43. The number of aromatic nitrogens is 2. The lowest BCUT2D eigenvalue weighted by Gasteiger charge is -2.17. The first-order chi connectivity index (χ1) is 5.58. The highest BCUT2D eigenvalue weighted by atomic mass is 15.3. The summed E-state index contributed by atoms with van der Waals surface area (Å²) < 4.78 is 1.99. The van der Waals surface area contributed by atoms with E-state index >= 15 is 0 Å². The largest absolute Gasteiger partial charge is 0.273 e. The Bertz CT molecular complexity index is 206. The lowest BCUT2D eigenvalue weighted by molar-refractivity contribution is 0.349. The van der Waals surface area contributed by atoms with Gasteiger partial charge in [-0.25, -0.2) is 0 Å². The second kappa shape index (κ2) is 3.74. The van der Waals surface area contributed by atoms with E-state index in [-0.39, 0.29) is 0 Å². The van der Waals surface area contributed by atoms with E-state index < -0.39 is 0 Å². The smallest absolute Gasteiger partial charge is 0.0489 e. The summed E-state index contributed by atoms with van der Waals surface area (Å²) in [5.74, 6) is 0. The Morgan fingerprint density at radius 3 is 2.58 bits per heavy atom. The van der Waals surface area contributed by atoms with E-state index in [1.54, 1.807) is 0 Å². The Hall–Kier alpha value is -0.790. The van der Waals surface area contributed by atoms with Crippen LogP contribution in [0.15, 0.2) is 18.5 Å². The van der Waals surface area contributed by atoms with Crippen molar-refractivity contribution in [2.45, 2.75) is 40.2 Å². The predicted octanol–water partition coefficient (Wildman–Crippen LogP) is 2.71. The summed E-state index contributed by atoms with van der Waals surface area (Å²) in [7, 11) is 0. The van der Waals surface area contributed by atoms with E-state index in [1.807, 2.05) is 23.1 Å². The van der Waals surface area contributed by atoms with Gasteiger partial charge in [-0.15, -0.1) is 0 Å². The van der Waals surface area contributed by atoms with Crippen molar-refractivity contribution in [1.29, 1.82) is 0 Å². The number of rotatable bonds is 3. The minimum atomic E-state index is 0.452. The van der Waals surface area contributed by atoms with Crippen LogP contribution in [0.25, 0.3) is 0 Å². The maximum absolute atomic E-state index is 4.15. The Balaban J connectivity index is 2.20. The molecule has 68 valence electrons. The minimum Gasteiger partial charge on any atom is -0.273 e. The van der Waals surface area contributed by atoms with Crippen molar-refractivity contribution in [2.75, 3.05) is 0 Å². The molecule has 1 aromatic rings. The van der Waals surface area contributed by atoms with Crippen molar-refractivity contribution in [2.24, 2.45) is 5.41 Å². The number of nitrogens with zero attached hydrogens (tertiary/aromatic N) is 2. The summed E-state index contributed by atoms with van der Waals surface area (Å²) in [6, 6.07) is 1.97. The predicted molar refractivity (Wildman–Crippen MR) is 50.9 cm³/mol. The Labute approximate surface area is 74.6 Å². The van der Waals surface area contributed by atoms with Gasteiger partial charge in [-0.2, -0.15) is 5.10 Å². The third kappa shape index (κ3) is 3.56. The van der Waals surface area contributed by atoms with Crippen LogP contribution in [0, 0.1) is 5.41 Å². The molecule has 0 bridgehead atoms. The van der Waals surface area contributed by atoms with Crippen molar-refractivity contribution >= 4 is 0 Å². The quantitative estimate of drug-likeness (QED) is 0.675. The average Bonchev–Trinajstić information content (AvgIpc) is 2.36. The summed E-state index contributed by atoms with van der Waals surface area (Å²) in [6.07, 6.45) is 6.32. The molecule has 0 aliphatic heterocycles. The molecule has 0 atom stereocenters. The van der Waals surface area contributed by atoms with E-state index in [0.717, 1.165) is 6.54 Å². The summed E-state index contributed by atoms with van der Waals surface area (Å²) in [5.41, 5.74) is 0.452. The lowest BCUT2D eigenvalue weighted by Crippen LogP contribution is -2.07. The van der Waals surface area contributed by atoms with Crippen LogP contribution in [0.2, 0.25) is 0 Å². The van der Waals surface area contributed by atoms with E-state index in [9.17, 15) is 0 Å². The average molecular weight is 166 g/mol. The van der Waals surface area contributed by atoms with Crippen molar-refractivity contribution < 1.29 is 0 Å². The van der Waals surface area contributed by atoms with Gasteiger partial charge in [-0.3, -0.25) is 4.68 Å². The van der Waals surface area contributed by atoms with Crippen molar-refractivity contribution in [3.8, 4) is 0 Å². The normalized spacial score (nSPS) is 11.9. The SMILES string of the molecule is CC(C)(C)CCCn1cccn1. The summed E-state index contributed by atoms with van der Waals surface area (Å²) in [6.45, 7) is 7.87. The summed E-state index contributed by atoms with van der Waals surface area (Å²) >= 11 is 0. The van der Waals surface area contributed by atoms with Gasteiger partial charge in [-0.05, 0) is 24.3 Å². The Kier molecular flexibility index (Phi) is 2.90. The molecular weight excluding hydrogens is 148 g/mol. The van der Waals surface area contributed by atoms with Crippen LogP contribution in [0.3, 0.4) is 0 Å². The zero-order chi connectivity index (χ0) is 9.03. The van der Waals surface area contributed by atoms with Gasteiger partial charge < -0.3 is 0 Å².